The third-order valence-corrected chi connectivity index (χ3v) is 5.11. The van der Waals surface area contributed by atoms with E-state index in [2.05, 4.69) is 0 Å². The summed E-state index contributed by atoms with van der Waals surface area (Å²) in [4.78, 5) is 10.8. The van der Waals surface area contributed by atoms with Crippen molar-refractivity contribution in [2.45, 2.75) is 12.7 Å². The van der Waals surface area contributed by atoms with Gasteiger partial charge in [0, 0.05) is 6.54 Å². The Morgan fingerprint density at radius 2 is 1.83 bits per heavy atom. The number of hydrogen-bond acceptors (Lipinski definition) is 3. The Balaban J connectivity index is 2.27. The first-order valence-corrected chi connectivity index (χ1v) is 8.52. The largest absolute Gasteiger partial charge is 0.478 e. The standard InChI is InChI=1S/C16H16FNO4S/c1-2-18(15-5-3-4-14(17)10-15)23(21,22)11-12-6-8-13(9-7-12)16(19)20/h3-10H,2,11H2,1H3,(H,19,20). The lowest BCUT2D eigenvalue weighted by Crippen LogP contribution is -2.31. The van der Waals surface area contributed by atoms with Gasteiger partial charge in [0.1, 0.15) is 5.82 Å². The number of rotatable bonds is 6. The second kappa shape index (κ2) is 6.78. The molecule has 0 aliphatic rings. The van der Waals surface area contributed by atoms with Crippen molar-refractivity contribution >= 4 is 21.7 Å². The summed E-state index contributed by atoms with van der Waals surface area (Å²) in [6.07, 6.45) is 0. The summed E-state index contributed by atoms with van der Waals surface area (Å²) < 4.78 is 39.5. The molecule has 0 spiro atoms. The van der Waals surface area contributed by atoms with Crippen LogP contribution in [0.25, 0.3) is 0 Å². The van der Waals surface area contributed by atoms with Crippen molar-refractivity contribution in [3.63, 3.8) is 0 Å². The van der Waals surface area contributed by atoms with Crippen LogP contribution in [-0.4, -0.2) is 26.0 Å². The molecule has 0 aliphatic heterocycles. The van der Waals surface area contributed by atoms with Crippen LogP contribution in [0, 0.1) is 5.82 Å². The van der Waals surface area contributed by atoms with Gasteiger partial charge in [0.15, 0.2) is 0 Å². The van der Waals surface area contributed by atoms with Gasteiger partial charge in [-0.1, -0.05) is 18.2 Å². The Hall–Kier alpha value is -2.41. The molecule has 0 amide bonds. The molecule has 0 saturated carbocycles. The molecule has 1 N–H and O–H groups in total. The highest BCUT2D eigenvalue weighted by atomic mass is 32.2. The Labute approximate surface area is 134 Å². The number of sulfonamides is 1. The van der Waals surface area contributed by atoms with Gasteiger partial charge in [-0.3, -0.25) is 4.31 Å². The van der Waals surface area contributed by atoms with Gasteiger partial charge >= 0.3 is 5.97 Å². The van der Waals surface area contributed by atoms with E-state index in [4.69, 9.17) is 5.11 Å². The molecule has 0 saturated heterocycles. The molecular formula is C16H16FNO4S. The van der Waals surface area contributed by atoms with E-state index in [0.717, 1.165) is 10.4 Å². The number of nitrogens with zero attached hydrogens (tertiary/aromatic N) is 1. The fourth-order valence-corrected chi connectivity index (χ4v) is 3.80. The Kier molecular flexibility index (Phi) is 5.00. The van der Waals surface area contributed by atoms with E-state index in [1.165, 1.54) is 42.5 Å². The molecule has 23 heavy (non-hydrogen) atoms. The monoisotopic (exact) mass is 337 g/mol. The summed E-state index contributed by atoms with van der Waals surface area (Å²) in [5.74, 6) is -1.88. The molecule has 0 unspecified atom stereocenters. The highest BCUT2D eigenvalue weighted by Gasteiger charge is 2.22. The average molecular weight is 337 g/mol. The van der Waals surface area contributed by atoms with Crippen LogP contribution in [-0.2, 0) is 15.8 Å². The molecule has 0 aliphatic carbocycles. The van der Waals surface area contributed by atoms with Crippen molar-refractivity contribution in [1.82, 2.24) is 0 Å². The number of aromatic carboxylic acids is 1. The summed E-state index contributed by atoms with van der Waals surface area (Å²) in [5.41, 5.74) is 0.808. The van der Waals surface area contributed by atoms with Gasteiger partial charge in [0.2, 0.25) is 10.0 Å². The van der Waals surface area contributed by atoms with E-state index < -0.39 is 21.8 Å². The Bertz CT molecular complexity index is 803. The molecule has 122 valence electrons. The van der Waals surface area contributed by atoms with E-state index in [1.54, 1.807) is 6.92 Å². The van der Waals surface area contributed by atoms with Crippen LogP contribution in [0.15, 0.2) is 48.5 Å². The van der Waals surface area contributed by atoms with Gasteiger partial charge in [-0.05, 0) is 42.8 Å². The van der Waals surface area contributed by atoms with Gasteiger partial charge in [0.25, 0.3) is 0 Å². The van der Waals surface area contributed by atoms with Gasteiger partial charge in [-0.2, -0.15) is 0 Å². The SMILES string of the molecule is CCN(c1cccc(F)c1)S(=O)(=O)Cc1ccc(C(=O)O)cc1. The first-order valence-electron chi connectivity index (χ1n) is 6.91. The molecule has 0 radical (unpaired) electrons. The Morgan fingerprint density at radius 3 is 2.35 bits per heavy atom. The summed E-state index contributed by atoms with van der Waals surface area (Å²) in [7, 11) is -3.71. The van der Waals surface area contributed by atoms with Crippen molar-refractivity contribution in [3.05, 3.63) is 65.5 Å². The fourth-order valence-electron chi connectivity index (χ4n) is 2.20. The predicted octanol–water partition coefficient (Wildman–Crippen LogP) is 2.88. The maximum absolute atomic E-state index is 13.3. The first-order chi connectivity index (χ1) is 10.8. The number of halogens is 1. The van der Waals surface area contributed by atoms with Gasteiger partial charge in [0.05, 0.1) is 17.0 Å². The van der Waals surface area contributed by atoms with E-state index in [9.17, 15) is 17.6 Å². The molecule has 0 bridgehead atoms. The number of benzene rings is 2. The second-order valence-corrected chi connectivity index (χ2v) is 6.80. The number of carboxylic acids is 1. The maximum atomic E-state index is 13.3. The first kappa shape index (κ1) is 17.0. The number of carboxylic acid groups (broad SMARTS) is 1. The molecule has 2 aromatic rings. The summed E-state index contributed by atoms with van der Waals surface area (Å²) in [6, 6.07) is 11.0. The summed E-state index contributed by atoms with van der Waals surface area (Å²) in [5, 5.41) is 8.85. The molecule has 0 atom stereocenters. The zero-order valence-electron chi connectivity index (χ0n) is 12.4. The van der Waals surface area contributed by atoms with Crippen molar-refractivity contribution < 1.29 is 22.7 Å². The quantitative estimate of drug-likeness (QED) is 0.879. The van der Waals surface area contributed by atoms with Crippen LogP contribution < -0.4 is 4.31 Å². The Morgan fingerprint density at radius 1 is 1.17 bits per heavy atom. The van der Waals surface area contributed by atoms with Crippen molar-refractivity contribution in [1.29, 1.82) is 0 Å². The minimum absolute atomic E-state index is 0.0867. The predicted molar refractivity (Wildman–Crippen MR) is 85.4 cm³/mol. The molecular weight excluding hydrogens is 321 g/mol. The zero-order valence-corrected chi connectivity index (χ0v) is 13.3. The second-order valence-electron chi connectivity index (χ2n) is 4.90. The van der Waals surface area contributed by atoms with Crippen molar-refractivity contribution in [2.24, 2.45) is 0 Å². The molecule has 5 nitrogen and oxygen atoms in total. The van der Waals surface area contributed by atoms with Gasteiger partial charge in [-0.25, -0.2) is 17.6 Å². The molecule has 0 heterocycles. The fraction of sp³-hybridized carbons (Fsp3) is 0.188. The minimum atomic E-state index is -3.71. The van der Waals surface area contributed by atoms with Crippen LogP contribution in [0.3, 0.4) is 0 Å². The molecule has 0 aromatic heterocycles. The highest BCUT2D eigenvalue weighted by molar-refractivity contribution is 7.92. The van der Waals surface area contributed by atoms with Crippen molar-refractivity contribution in [3.8, 4) is 0 Å². The van der Waals surface area contributed by atoms with Gasteiger partial charge < -0.3 is 5.11 Å². The van der Waals surface area contributed by atoms with E-state index in [-0.39, 0.29) is 23.5 Å². The summed E-state index contributed by atoms with van der Waals surface area (Å²) >= 11 is 0. The lowest BCUT2D eigenvalue weighted by atomic mass is 10.1. The zero-order chi connectivity index (χ0) is 17.0. The third kappa shape index (κ3) is 4.07. The third-order valence-electron chi connectivity index (χ3n) is 3.27. The van der Waals surface area contributed by atoms with Crippen LogP contribution in [0.4, 0.5) is 10.1 Å². The van der Waals surface area contributed by atoms with Crippen LogP contribution in [0.5, 0.6) is 0 Å². The molecule has 2 rings (SSSR count). The smallest absolute Gasteiger partial charge is 0.335 e. The topological polar surface area (TPSA) is 74.7 Å². The normalized spacial score (nSPS) is 11.2. The highest BCUT2D eigenvalue weighted by Crippen LogP contribution is 2.21. The lowest BCUT2D eigenvalue weighted by Gasteiger charge is -2.23. The molecule has 2 aromatic carbocycles. The van der Waals surface area contributed by atoms with Crippen LogP contribution in [0.1, 0.15) is 22.8 Å². The number of hydrogen-bond donors (Lipinski definition) is 1. The lowest BCUT2D eigenvalue weighted by molar-refractivity contribution is 0.0697. The number of anilines is 1. The van der Waals surface area contributed by atoms with Gasteiger partial charge in [-0.15, -0.1) is 0 Å². The maximum Gasteiger partial charge on any atom is 0.335 e. The summed E-state index contributed by atoms with van der Waals surface area (Å²) in [6.45, 7) is 1.83. The van der Waals surface area contributed by atoms with Crippen molar-refractivity contribution in [2.75, 3.05) is 10.8 Å². The number of carbonyl (C=O) groups is 1. The minimum Gasteiger partial charge on any atom is -0.478 e. The van der Waals surface area contributed by atoms with E-state index >= 15 is 0 Å². The molecule has 7 heteroatoms. The van der Waals surface area contributed by atoms with Crippen LogP contribution in [0.2, 0.25) is 0 Å². The molecule has 0 fully saturated rings. The van der Waals surface area contributed by atoms with Crippen LogP contribution >= 0.6 is 0 Å². The van der Waals surface area contributed by atoms with E-state index in [0.29, 0.717) is 5.56 Å². The average Bonchev–Trinajstić information content (AvgIpc) is 2.47. The van der Waals surface area contributed by atoms with E-state index in [1.807, 2.05) is 0 Å².